The molecule has 1 aromatic heterocycles. The number of likely N-dealkylation sites (tertiary alicyclic amines) is 1. The summed E-state index contributed by atoms with van der Waals surface area (Å²) >= 11 is 0. The molecule has 1 aliphatic rings. The normalized spacial score (nSPS) is 17.6. The van der Waals surface area contributed by atoms with E-state index < -0.39 is 54.3 Å². The molecule has 16 nitrogen and oxygen atoms in total. The first-order valence-corrected chi connectivity index (χ1v) is 24.5. The molecule has 3 N–H and O–H groups in total. The Hall–Kier alpha value is -5.19. The van der Waals surface area contributed by atoms with Gasteiger partial charge in [0.15, 0.2) is 0 Å². The maximum atomic E-state index is 14.6. The van der Waals surface area contributed by atoms with E-state index in [0.717, 1.165) is 30.4 Å². The van der Waals surface area contributed by atoms with Crippen LogP contribution in [0.2, 0.25) is 0 Å². The molecule has 4 rings (SSSR count). The number of amides is 4. The summed E-state index contributed by atoms with van der Waals surface area (Å²) in [6, 6.07) is 16.3. The van der Waals surface area contributed by atoms with Gasteiger partial charge in [0, 0.05) is 46.2 Å². The lowest BCUT2D eigenvalue weighted by Crippen LogP contribution is -2.60. The zero-order valence-corrected chi connectivity index (χ0v) is 42.4. The number of methoxy groups -OCH3 is 2. The second kappa shape index (κ2) is 27.1. The SMILES string of the molecule is CCC(C)C(C(CC(=O)N1CCC[C@H]1C(OC)C(C)C(=O)NC(Cc1ccccc1)c1nnc(-c2ccccc2)o1)OC)N(C)C(=O)C(NC(=O)C(C(C)C)N(C)CCCCCC(=O)O)C(C)C. The van der Waals surface area contributed by atoms with Crippen LogP contribution >= 0.6 is 0 Å². The van der Waals surface area contributed by atoms with Crippen molar-refractivity contribution in [3.05, 3.63) is 72.1 Å². The number of rotatable bonds is 28. The van der Waals surface area contributed by atoms with Gasteiger partial charge in [0.1, 0.15) is 12.1 Å². The second-order valence-corrected chi connectivity index (χ2v) is 19.3. The molecule has 0 radical (unpaired) electrons. The maximum absolute atomic E-state index is 14.6. The number of likely N-dealkylation sites (N-methyl/N-ethyl adjacent to an activating group) is 2. The molecular weight excluding hydrogens is 867 g/mol. The van der Waals surface area contributed by atoms with Crippen LogP contribution in [0.4, 0.5) is 0 Å². The lowest BCUT2D eigenvalue weighted by molar-refractivity contribution is -0.148. The molecule has 16 heteroatoms. The van der Waals surface area contributed by atoms with Gasteiger partial charge in [-0.15, -0.1) is 10.2 Å². The van der Waals surface area contributed by atoms with Crippen molar-refractivity contribution in [1.82, 2.24) is 35.5 Å². The minimum atomic E-state index is -0.839. The van der Waals surface area contributed by atoms with E-state index in [4.69, 9.17) is 19.0 Å². The Kier molecular flexibility index (Phi) is 22.1. The standard InChI is InChI=1S/C52H79N7O9/c1-12-35(6)46(58(9)52(65)44(33(2)3)54-49(64)45(34(4)5)57(8)29-21-15-20-28-43(61)62)41(66-10)32-42(60)59-30-22-27-40(59)47(67-11)36(7)48(63)53-39(31-37-23-16-13-17-24-37)51-56-55-50(68-51)38-25-18-14-19-26-38/h13-14,16-19,23-26,33-36,39-41,44-47H,12,15,20-22,27-32H2,1-11H3,(H,53,63)(H,54,64)(H,61,62)/t35?,36?,39?,40-,41?,44?,45?,46?,47?/m0/s1. The van der Waals surface area contributed by atoms with E-state index in [1.54, 1.807) is 38.0 Å². The van der Waals surface area contributed by atoms with Crippen LogP contribution in [0, 0.1) is 23.7 Å². The number of carbonyl (C=O) groups is 5. The highest BCUT2D eigenvalue weighted by Crippen LogP contribution is 2.31. The summed E-state index contributed by atoms with van der Waals surface area (Å²) in [5.41, 5.74) is 1.74. The Balaban J connectivity index is 1.49. The Bertz CT molecular complexity index is 2030. The van der Waals surface area contributed by atoms with Crippen molar-refractivity contribution in [2.45, 2.75) is 149 Å². The van der Waals surface area contributed by atoms with Gasteiger partial charge in [-0.3, -0.25) is 28.9 Å². The molecule has 0 bridgehead atoms. The summed E-state index contributed by atoms with van der Waals surface area (Å²) in [4.78, 5) is 73.8. The number of nitrogens with zero attached hydrogens (tertiary/aromatic N) is 5. The van der Waals surface area contributed by atoms with Gasteiger partial charge < -0.3 is 39.4 Å². The molecule has 1 aliphatic heterocycles. The Morgan fingerprint density at radius 3 is 2.10 bits per heavy atom. The first-order valence-electron chi connectivity index (χ1n) is 24.5. The molecule has 4 amide bonds. The third-order valence-electron chi connectivity index (χ3n) is 13.6. The zero-order valence-electron chi connectivity index (χ0n) is 42.4. The highest BCUT2D eigenvalue weighted by Gasteiger charge is 2.43. The van der Waals surface area contributed by atoms with Gasteiger partial charge in [-0.05, 0) is 74.7 Å². The van der Waals surface area contributed by atoms with Crippen molar-refractivity contribution >= 4 is 29.6 Å². The minimum absolute atomic E-state index is 0.0118. The topological polar surface area (TPSA) is 197 Å². The molecule has 2 aromatic carbocycles. The quantitative estimate of drug-likeness (QED) is 0.0646. The summed E-state index contributed by atoms with van der Waals surface area (Å²) in [6.45, 7) is 14.7. The van der Waals surface area contributed by atoms with Crippen LogP contribution in [-0.2, 0) is 39.9 Å². The van der Waals surface area contributed by atoms with Crippen molar-refractivity contribution in [3.63, 3.8) is 0 Å². The molecule has 0 aliphatic carbocycles. The summed E-state index contributed by atoms with van der Waals surface area (Å²) in [7, 11) is 6.73. The van der Waals surface area contributed by atoms with Gasteiger partial charge in [-0.1, -0.05) is 110 Å². The first kappa shape index (κ1) is 55.4. The number of carbonyl (C=O) groups excluding carboxylic acids is 4. The van der Waals surface area contributed by atoms with E-state index >= 15 is 0 Å². The van der Waals surface area contributed by atoms with Crippen LogP contribution in [0.15, 0.2) is 65.1 Å². The number of hydrogen-bond donors (Lipinski definition) is 3. The average Bonchev–Trinajstić information content (AvgIpc) is 4.02. The molecular formula is C52H79N7O9. The van der Waals surface area contributed by atoms with E-state index in [2.05, 4.69) is 20.8 Å². The predicted octanol–water partition coefficient (Wildman–Crippen LogP) is 6.80. The van der Waals surface area contributed by atoms with Crippen molar-refractivity contribution in [2.24, 2.45) is 23.7 Å². The highest BCUT2D eigenvalue weighted by atomic mass is 16.5. The van der Waals surface area contributed by atoms with E-state index in [1.807, 2.05) is 114 Å². The molecule has 0 saturated carbocycles. The molecule has 2 heterocycles. The van der Waals surface area contributed by atoms with Gasteiger partial charge in [-0.25, -0.2) is 0 Å². The fraction of sp³-hybridized carbons (Fsp3) is 0.635. The summed E-state index contributed by atoms with van der Waals surface area (Å²) < 4.78 is 18.3. The molecule has 68 heavy (non-hydrogen) atoms. The molecule has 9 atom stereocenters. The van der Waals surface area contributed by atoms with Gasteiger partial charge in [-0.2, -0.15) is 0 Å². The van der Waals surface area contributed by atoms with Gasteiger partial charge in [0.25, 0.3) is 0 Å². The van der Waals surface area contributed by atoms with Crippen molar-refractivity contribution in [3.8, 4) is 11.5 Å². The van der Waals surface area contributed by atoms with E-state index in [9.17, 15) is 24.0 Å². The third kappa shape index (κ3) is 15.2. The number of unbranched alkanes of at least 4 members (excludes halogenated alkanes) is 2. The van der Waals surface area contributed by atoms with Crippen LogP contribution < -0.4 is 10.6 Å². The zero-order chi connectivity index (χ0) is 50.1. The van der Waals surface area contributed by atoms with Crippen LogP contribution in [0.5, 0.6) is 0 Å². The number of benzene rings is 2. The molecule has 3 aromatic rings. The number of nitrogens with one attached hydrogen (secondary N) is 2. The monoisotopic (exact) mass is 946 g/mol. The summed E-state index contributed by atoms with van der Waals surface area (Å²) in [6.07, 6.45) is 3.32. The molecule has 8 unspecified atom stereocenters. The number of aliphatic carboxylic acids is 1. The van der Waals surface area contributed by atoms with Crippen molar-refractivity contribution in [1.29, 1.82) is 0 Å². The Morgan fingerprint density at radius 1 is 0.853 bits per heavy atom. The fourth-order valence-corrected chi connectivity index (χ4v) is 9.67. The van der Waals surface area contributed by atoms with Crippen LogP contribution in [-0.4, -0.2) is 137 Å². The first-order chi connectivity index (χ1) is 32.4. The number of hydrogen-bond acceptors (Lipinski definition) is 11. The third-order valence-corrected chi connectivity index (χ3v) is 13.6. The van der Waals surface area contributed by atoms with Crippen molar-refractivity contribution in [2.75, 3.05) is 41.4 Å². The van der Waals surface area contributed by atoms with E-state index in [0.29, 0.717) is 44.7 Å². The smallest absolute Gasteiger partial charge is 0.303 e. The number of ether oxygens (including phenoxy) is 2. The lowest BCUT2D eigenvalue weighted by atomic mass is 9.89. The highest BCUT2D eigenvalue weighted by molar-refractivity contribution is 5.90. The summed E-state index contributed by atoms with van der Waals surface area (Å²) in [5.74, 6) is -2.21. The summed E-state index contributed by atoms with van der Waals surface area (Å²) in [5, 5.41) is 23.9. The molecule has 1 saturated heterocycles. The van der Waals surface area contributed by atoms with E-state index in [-0.39, 0.29) is 60.1 Å². The molecule has 1 fully saturated rings. The Morgan fingerprint density at radius 2 is 1.51 bits per heavy atom. The van der Waals surface area contributed by atoms with Gasteiger partial charge in [0.05, 0.1) is 42.7 Å². The lowest BCUT2D eigenvalue weighted by Gasteiger charge is -2.41. The minimum Gasteiger partial charge on any atom is -0.481 e. The molecule has 376 valence electrons. The van der Waals surface area contributed by atoms with Crippen LogP contribution in [0.1, 0.15) is 117 Å². The van der Waals surface area contributed by atoms with Gasteiger partial charge in [0.2, 0.25) is 35.4 Å². The van der Waals surface area contributed by atoms with Gasteiger partial charge >= 0.3 is 5.97 Å². The van der Waals surface area contributed by atoms with Crippen LogP contribution in [0.25, 0.3) is 11.5 Å². The second-order valence-electron chi connectivity index (χ2n) is 19.3. The number of carboxylic acid groups (broad SMARTS) is 1. The predicted molar refractivity (Wildman–Crippen MR) is 261 cm³/mol. The van der Waals surface area contributed by atoms with Crippen molar-refractivity contribution < 1.29 is 43.0 Å². The number of aromatic nitrogens is 2. The van der Waals surface area contributed by atoms with Crippen LogP contribution in [0.3, 0.4) is 0 Å². The van der Waals surface area contributed by atoms with E-state index in [1.165, 1.54) is 0 Å². The molecule has 0 spiro atoms. The number of carboxylic acids is 1. The average molecular weight is 946 g/mol. The fourth-order valence-electron chi connectivity index (χ4n) is 9.67. The maximum Gasteiger partial charge on any atom is 0.303 e. The largest absolute Gasteiger partial charge is 0.481 e. The Labute approximate surface area is 404 Å².